The first-order chi connectivity index (χ1) is 7.12. The molecular weight excluding hydrogens is 301 g/mol. The Labute approximate surface area is 99.0 Å². The summed E-state index contributed by atoms with van der Waals surface area (Å²) in [4.78, 5) is 61.6. The molecular formula is C4H16O10P3+3. The third-order valence-corrected chi connectivity index (χ3v) is 5.04. The molecule has 7 N–H and O–H groups in total. The molecule has 0 saturated heterocycles. The predicted molar refractivity (Wildman–Crippen MR) is 59.3 cm³/mol. The van der Waals surface area contributed by atoms with Crippen LogP contribution in [0.25, 0.3) is 0 Å². The maximum Gasteiger partial charge on any atom is 0.667 e. The second kappa shape index (κ2) is 5.48. The van der Waals surface area contributed by atoms with E-state index in [1.807, 2.05) is 0 Å². The van der Waals surface area contributed by atoms with Gasteiger partial charge in [0, 0.05) is 0 Å². The van der Waals surface area contributed by atoms with Crippen molar-refractivity contribution in [3.63, 3.8) is 0 Å². The second-order valence-corrected chi connectivity index (χ2v) is 8.34. The van der Waals surface area contributed by atoms with E-state index in [1.54, 1.807) is 0 Å². The molecule has 0 bridgehead atoms. The third kappa shape index (κ3) is 10.5. The van der Waals surface area contributed by atoms with Crippen LogP contribution in [0.5, 0.6) is 0 Å². The maximum atomic E-state index is 9.20. The number of rotatable bonds is 5. The molecule has 0 saturated carbocycles. The van der Waals surface area contributed by atoms with E-state index in [0.717, 1.165) is 0 Å². The van der Waals surface area contributed by atoms with Gasteiger partial charge in [-0.3, -0.25) is 0 Å². The normalized spacial score (nSPS) is 15.2. The lowest BCUT2D eigenvalue weighted by molar-refractivity contribution is 0.0522. The lowest BCUT2D eigenvalue weighted by Crippen LogP contribution is -2.21. The van der Waals surface area contributed by atoms with Gasteiger partial charge in [-0.25, -0.2) is 0 Å². The summed E-state index contributed by atoms with van der Waals surface area (Å²) in [5.41, 5.74) is -1.08. The average molecular weight is 317 g/mol. The van der Waals surface area contributed by atoms with E-state index in [0.29, 0.717) is 0 Å². The van der Waals surface area contributed by atoms with Crippen molar-refractivity contribution in [1.29, 1.82) is 0 Å². The Morgan fingerprint density at radius 2 is 1.12 bits per heavy atom. The molecule has 13 heteroatoms. The highest BCUT2D eigenvalue weighted by Crippen LogP contribution is 2.76. The van der Waals surface area contributed by atoms with Gasteiger partial charge in [0.2, 0.25) is 0 Å². The molecule has 0 radical (unpaired) electrons. The molecule has 0 aromatic heterocycles. The second-order valence-electron chi connectivity index (χ2n) is 3.86. The van der Waals surface area contributed by atoms with E-state index < -0.39 is 30.1 Å². The van der Waals surface area contributed by atoms with Crippen molar-refractivity contribution < 1.29 is 47.4 Å². The van der Waals surface area contributed by atoms with Crippen molar-refractivity contribution in [3.8, 4) is 0 Å². The molecule has 0 aliphatic rings. The fraction of sp³-hybridized carbons (Fsp3) is 1.00. The van der Waals surface area contributed by atoms with E-state index in [4.69, 9.17) is 24.5 Å². The molecule has 0 fully saturated rings. The summed E-state index contributed by atoms with van der Waals surface area (Å²) in [6, 6.07) is 0. The van der Waals surface area contributed by atoms with Crippen LogP contribution in [0.15, 0.2) is 0 Å². The van der Waals surface area contributed by atoms with Crippen molar-refractivity contribution in [3.05, 3.63) is 0 Å². The van der Waals surface area contributed by atoms with Crippen molar-refractivity contribution >= 4 is 24.5 Å². The summed E-state index contributed by atoms with van der Waals surface area (Å²) in [6.07, 6.45) is 0. The highest BCUT2D eigenvalue weighted by atomic mass is 31.3. The van der Waals surface area contributed by atoms with Gasteiger partial charge in [-0.05, 0) is 20.8 Å². The fourth-order valence-corrected chi connectivity index (χ4v) is 4.15. The minimum absolute atomic E-state index is 1.08. The summed E-state index contributed by atoms with van der Waals surface area (Å²) < 4.78 is 12.1. The number of hydrogen-bond acceptors (Lipinski definition) is 10. The molecule has 10 nitrogen and oxygen atoms in total. The van der Waals surface area contributed by atoms with Crippen LogP contribution in [0, 0.1) is 0 Å². The maximum absolute atomic E-state index is 9.20. The average Bonchev–Trinajstić information content (AvgIpc) is 1.65. The Hall–Kier alpha value is 0.890. The van der Waals surface area contributed by atoms with Crippen LogP contribution in [-0.4, -0.2) is 39.9 Å². The highest BCUT2D eigenvalue weighted by molar-refractivity contribution is 7.73. The first-order valence-corrected chi connectivity index (χ1v) is 8.64. The molecule has 0 unspecified atom stereocenters. The van der Waals surface area contributed by atoms with E-state index in [-0.39, 0.29) is 0 Å². The molecule has 0 atom stereocenters. The largest absolute Gasteiger partial charge is 0.667 e. The SMILES string of the molecule is CC(C)(C)O[P+](O)(O)O[P+](O)(O)O[P+](O)(O)O. The van der Waals surface area contributed by atoms with Crippen LogP contribution in [0.3, 0.4) is 0 Å². The lowest BCUT2D eigenvalue weighted by Gasteiger charge is -2.17. The van der Waals surface area contributed by atoms with Gasteiger partial charge < -0.3 is 0 Å². The van der Waals surface area contributed by atoms with Crippen LogP contribution in [0.1, 0.15) is 20.8 Å². The van der Waals surface area contributed by atoms with Crippen molar-refractivity contribution in [1.82, 2.24) is 0 Å². The van der Waals surface area contributed by atoms with Crippen LogP contribution in [0.2, 0.25) is 0 Å². The van der Waals surface area contributed by atoms with E-state index >= 15 is 0 Å². The molecule has 0 heterocycles. The zero-order valence-electron chi connectivity index (χ0n) is 9.20. The van der Waals surface area contributed by atoms with Gasteiger partial charge in [-0.1, -0.05) is 0 Å². The Kier molecular flexibility index (Phi) is 5.77. The minimum Gasteiger partial charge on any atom is -0.165 e. The first-order valence-electron chi connectivity index (χ1n) is 4.02. The van der Waals surface area contributed by atoms with Gasteiger partial charge in [-0.15, -0.1) is 4.52 Å². The van der Waals surface area contributed by atoms with Crippen LogP contribution in [-0.2, 0) is 13.1 Å². The zero-order valence-corrected chi connectivity index (χ0v) is 11.9. The van der Waals surface area contributed by atoms with Crippen molar-refractivity contribution in [2.75, 3.05) is 0 Å². The topological polar surface area (TPSA) is 169 Å². The quantitative estimate of drug-likeness (QED) is 0.337. The molecule has 0 spiro atoms. The predicted octanol–water partition coefficient (Wildman–Crippen LogP) is -0.186. The number of hydrogen-bond donors (Lipinski definition) is 7. The summed E-state index contributed by atoms with van der Waals surface area (Å²) in [6.45, 7) is 4.28. The molecule has 0 aliphatic heterocycles. The molecule has 0 aliphatic carbocycles. The van der Waals surface area contributed by atoms with Gasteiger partial charge in [-0.2, -0.15) is 34.3 Å². The molecule has 0 amide bonds. The van der Waals surface area contributed by atoms with Crippen LogP contribution >= 0.6 is 24.5 Å². The third-order valence-electron chi connectivity index (χ3n) is 0.821. The smallest absolute Gasteiger partial charge is 0.165 e. The summed E-state index contributed by atoms with van der Waals surface area (Å²) in [5, 5.41) is 0. The minimum atomic E-state index is -5.05. The van der Waals surface area contributed by atoms with E-state index in [9.17, 15) is 9.79 Å². The van der Waals surface area contributed by atoms with Crippen molar-refractivity contribution in [2.45, 2.75) is 26.4 Å². The highest BCUT2D eigenvalue weighted by Gasteiger charge is 2.69. The van der Waals surface area contributed by atoms with Crippen LogP contribution < -0.4 is 0 Å². The summed E-state index contributed by atoms with van der Waals surface area (Å²) in [7, 11) is -14.7. The summed E-state index contributed by atoms with van der Waals surface area (Å²) >= 11 is 0. The standard InChI is InChI=1S/C4H16O10P3/c1-4(2,3)12-16(8,9)14-17(10,11)13-15(5,6)7/h5-11H,1-3H3/q+3. The first kappa shape index (κ1) is 17.9. The Morgan fingerprint density at radius 1 is 0.706 bits per heavy atom. The van der Waals surface area contributed by atoms with E-state index in [2.05, 4.69) is 13.1 Å². The van der Waals surface area contributed by atoms with Gasteiger partial charge in [0.15, 0.2) is 0 Å². The molecule has 0 rings (SSSR count). The monoisotopic (exact) mass is 317 g/mol. The Morgan fingerprint density at radius 3 is 1.41 bits per heavy atom. The van der Waals surface area contributed by atoms with Crippen molar-refractivity contribution in [2.24, 2.45) is 0 Å². The molecule has 0 aromatic rings. The van der Waals surface area contributed by atoms with Gasteiger partial charge in [0.05, 0.1) is 8.62 Å². The fourth-order valence-electron chi connectivity index (χ4n) is 0.670. The summed E-state index contributed by atoms with van der Waals surface area (Å²) in [5.74, 6) is 0. The molecule has 17 heavy (non-hydrogen) atoms. The van der Waals surface area contributed by atoms with Crippen LogP contribution in [0.4, 0.5) is 0 Å². The van der Waals surface area contributed by atoms with E-state index in [1.165, 1.54) is 20.8 Å². The van der Waals surface area contributed by atoms with Gasteiger partial charge in [0.1, 0.15) is 5.60 Å². The molecule has 0 aromatic carbocycles. The lowest BCUT2D eigenvalue weighted by atomic mass is 10.2. The van der Waals surface area contributed by atoms with Gasteiger partial charge >= 0.3 is 24.5 Å². The zero-order chi connectivity index (χ0) is 14.1. The Balaban J connectivity index is 4.59. The van der Waals surface area contributed by atoms with Gasteiger partial charge in [0.25, 0.3) is 0 Å². The Bertz CT molecular complexity index is 227. The molecule has 104 valence electrons.